The highest BCUT2D eigenvalue weighted by atomic mass is 35.5. The number of amides is 2. The van der Waals surface area contributed by atoms with E-state index in [2.05, 4.69) is 5.32 Å². The first kappa shape index (κ1) is 20.0. The summed E-state index contributed by atoms with van der Waals surface area (Å²) in [6, 6.07) is 8.98. The molecule has 0 heterocycles. The van der Waals surface area contributed by atoms with Gasteiger partial charge < -0.3 is 15.0 Å². The third-order valence-electron chi connectivity index (χ3n) is 3.58. The smallest absolute Gasteiger partial charge is 0.243 e. The summed E-state index contributed by atoms with van der Waals surface area (Å²) in [6.45, 7) is -0.155. The molecule has 5 nitrogen and oxygen atoms in total. The number of hydrogen-bond donors (Lipinski definition) is 1. The van der Waals surface area contributed by atoms with Gasteiger partial charge in [-0.2, -0.15) is 0 Å². The molecule has 0 radical (unpaired) electrons. The second-order valence-corrected chi connectivity index (χ2v) is 6.39. The van der Waals surface area contributed by atoms with Gasteiger partial charge in [-0.15, -0.1) is 0 Å². The number of nitrogens with one attached hydrogen (secondary N) is 1. The summed E-state index contributed by atoms with van der Waals surface area (Å²) in [7, 11) is 2.86. The van der Waals surface area contributed by atoms with Gasteiger partial charge in [-0.25, -0.2) is 4.39 Å². The van der Waals surface area contributed by atoms with E-state index in [0.717, 1.165) is 0 Å². The third kappa shape index (κ3) is 5.34. The Morgan fingerprint density at radius 2 is 1.88 bits per heavy atom. The molecule has 0 spiro atoms. The summed E-state index contributed by atoms with van der Waals surface area (Å²) in [5, 5.41) is 3.32. The van der Waals surface area contributed by atoms with E-state index in [4.69, 9.17) is 27.9 Å². The SMILES string of the molecule is COc1ccc(CC(=O)N(C)CC(=O)Nc2ccc(Cl)c(Cl)c2)cc1F. The average Bonchev–Trinajstić information content (AvgIpc) is 2.58. The quantitative estimate of drug-likeness (QED) is 0.805. The molecular weight excluding hydrogens is 382 g/mol. The number of halogens is 3. The van der Waals surface area contributed by atoms with Crippen molar-refractivity contribution in [3.05, 3.63) is 57.8 Å². The second-order valence-electron chi connectivity index (χ2n) is 5.57. The fourth-order valence-corrected chi connectivity index (χ4v) is 2.51. The monoisotopic (exact) mass is 398 g/mol. The molecule has 8 heteroatoms. The van der Waals surface area contributed by atoms with Gasteiger partial charge in [0, 0.05) is 12.7 Å². The van der Waals surface area contributed by atoms with Gasteiger partial charge in [0.15, 0.2) is 11.6 Å². The highest BCUT2D eigenvalue weighted by Crippen LogP contribution is 2.25. The van der Waals surface area contributed by atoms with Crippen LogP contribution in [0.5, 0.6) is 5.75 Å². The van der Waals surface area contributed by atoms with Crippen LogP contribution in [0.2, 0.25) is 10.0 Å². The van der Waals surface area contributed by atoms with Crippen LogP contribution in [0.25, 0.3) is 0 Å². The lowest BCUT2D eigenvalue weighted by Crippen LogP contribution is -2.35. The number of hydrogen-bond acceptors (Lipinski definition) is 3. The molecule has 138 valence electrons. The van der Waals surface area contributed by atoms with Crippen LogP contribution in [0.4, 0.5) is 10.1 Å². The van der Waals surface area contributed by atoms with Crippen molar-refractivity contribution in [3.8, 4) is 5.75 Å². The van der Waals surface area contributed by atoms with Gasteiger partial charge in [-0.05, 0) is 35.9 Å². The Labute approximate surface area is 160 Å². The van der Waals surface area contributed by atoms with Gasteiger partial charge in [0.05, 0.1) is 30.1 Å². The molecule has 26 heavy (non-hydrogen) atoms. The molecule has 2 aromatic carbocycles. The van der Waals surface area contributed by atoms with Gasteiger partial charge in [0.2, 0.25) is 11.8 Å². The third-order valence-corrected chi connectivity index (χ3v) is 4.32. The van der Waals surface area contributed by atoms with Crippen LogP contribution in [0.3, 0.4) is 0 Å². The highest BCUT2D eigenvalue weighted by molar-refractivity contribution is 6.42. The van der Waals surface area contributed by atoms with E-state index in [9.17, 15) is 14.0 Å². The molecule has 2 aromatic rings. The van der Waals surface area contributed by atoms with Gasteiger partial charge in [0.1, 0.15) is 0 Å². The maximum atomic E-state index is 13.7. The fraction of sp³-hybridized carbons (Fsp3) is 0.222. The summed E-state index contributed by atoms with van der Waals surface area (Å²) in [5.74, 6) is -1.15. The number of likely N-dealkylation sites (N-methyl/N-ethyl adjacent to an activating group) is 1. The largest absolute Gasteiger partial charge is 0.494 e. The van der Waals surface area contributed by atoms with Crippen molar-refractivity contribution in [1.82, 2.24) is 4.90 Å². The summed E-state index contributed by atoms with van der Waals surface area (Å²) >= 11 is 11.7. The van der Waals surface area contributed by atoms with E-state index >= 15 is 0 Å². The molecule has 0 atom stereocenters. The van der Waals surface area contributed by atoms with Gasteiger partial charge in [-0.3, -0.25) is 9.59 Å². The minimum Gasteiger partial charge on any atom is -0.494 e. The Morgan fingerprint density at radius 3 is 2.50 bits per heavy atom. The number of carbonyl (C=O) groups is 2. The van der Waals surface area contributed by atoms with E-state index in [0.29, 0.717) is 21.3 Å². The molecule has 0 aliphatic rings. The molecule has 0 unspecified atom stereocenters. The standard InChI is InChI=1S/C18H17Cl2FN2O3/c1-23(10-17(24)22-12-4-5-13(19)14(20)9-12)18(25)8-11-3-6-16(26-2)15(21)7-11/h3-7,9H,8,10H2,1-2H3,(H,22,24). The Kier molecular flexibility index (Phi) is 6.83. The lowest BCUT2D eigenvalue weighted by molar-refractivity contribution is -0.132. The van der Waals surface area contributed by atoms with Crippen LogP contribution in [0.15, 0.2) is 36.4 Å². The van der Waals surface area contributed by atoms with Gasteiger partial charge in [0.25, 0.3) is 0 Å². The Balaban J connectivity index is 1.92. The molecule has 1 N–H and O–H groups in total. The minimum atomic E-state index is -0.544. The number of methoxy groups -OCH3 is 1. The van der Waals surface area contributed by atoms with Crippen molar-refractivity contribution in [3.63, 3.8) is 0 Å². The Hall–Kier alpha value is -2.31. The zero-order valence-electron chi connectivity index (χ0n) is 14.2. The van der Waals surface area contributed by atoms with E-state index in [-0.39, 0.29) is 30.5 Å². The summed E-state index contributed by atoms with van der Waals surface area (Å²) in [4.78, 5) is 25.5. The molecule has 0 fully saturated rings. The summed E-state index contributed by atoms with van der Waals surface area (Å²) in [5.41, 5.74) is 0.965. The molecule has 0 aromatic heterocycles. The normalized spacial score (nSPS) is 10.3. The number of ether oxygens (including phenoxy) is 1. The van der Waals surface area contributed by atoms with Gasteiger partial charge >= 0.3 is 0 Å². The van der Waals surface area contributed by atoms with E-state index in [1.165, 1.54) is 37.3 Å². The summed E-state index contributed by atoms with van der Waals surface area (Å²) in [6.07, 6.45) is -0.0303. The van der Waals surface area contributed by atoms with Crippen molar-refractivity contribution in [2.45, 2.75) is 6.42 Å². The van der Waals surface area contributed by atoms with Crippen LogP contribution in [0.1, 0.15) is 5.56 Å². The lowest BCUT2D eigenvalue weighted by Gasteiger charge is -2.17. The number of rotatable bonds is 6. The minimum absolute atomic E-state index is 0.0303. The lowest BCUT2D eigenvalue weighted by atomic mass is 10.1. The molecule has 0 saturated heterocycles. The predicted molar refractivity (Wildman–Crippen MR) is 99.4 cm³/mol. The first-order valence-electron chi connectivity index (χ1n) is 7.61. The topological polar surface area (TPSA) is 58.6 Å². The molecular formula is C18H17Cl2FN2O3. The van der Waals surface area contributed by atoms with Crippen molar-refractivity contribution in [2.75, 3.05) is 26.0 Å². The van der Waals surface area contributed by atoms with Crippen LogP contribution in [0, 0.1) is 5.82 Å². The molecule has 0 aliphatic heterocycles. The number of anilines is 1. The maximum absolute atomic E-state index is 13.7. The second kappa shape index (κ2) is 8.87. The number of carbonyl (C=O) groups excluding carboxylic acids is 2. The van der Waals surface area contributed by atoms with Crippen LogP contribution < -0.4 is 10.1 Å². The first-order valence-corrected chi connectivity index (χ1v) is 8.37. The number of benzene rings is 2. The van der Waals surface area contributed by atoms with Gasteiger partial charge in [-0.1, -0.05) is 29.3 Å². The fourth-order valence-electron chi connectivity index (χ4n) is 2.21. The summed E-state index contributed by atoms with van der Waals surface area (Å²) < 4.78 is 18.5. The zero-order chi connectivity index (χ0) is 19.3. The van der Waals surface area contributed by atoms with Crippen molar-refractivity contribution in [2.24, 2.45) is 0 Å². The van der Waals surface area contributed by atoms with Crippen molar-refractivity contribution >= 4 is 40.7 Å². The first-order chi connectivity index (χ1) is 12.3. The predicted octanol–water partition coefficient (Wildman–Crippen LogP) is 3.78. The average molecular weight is 399 g/mol. The molecule has 0 aliphatic carbocycles. The molecule has 0 saturated carbocycles. The van der Waals surface area contributed by atoms with E-state index in [1.54, 1.807) is 18.2 Å². The van der Waals surface area contributed by atoms with Crippen LogP contribution in [-0.2, 0) is 16.0 Å². The van der Waals surface area contributed by atoms with E-state index in [1.807, 2.05) is 0 Å². The van der Waals surface area contributed by atoms with Crippen molar-refractivity contribution in [1.29, 1.82) is 0 Å². The number of nitrogens with zero attached hydrogens (tertiary/aromatic N) is 1. The van der Waals surface area contributed by atoms with Crippen LogP contribution in [-0.4, -0.2) is 37.4 Å². The molecule has 0 bridgehead atoms. The molecule has 2 rings (SSSR count). The zero-order valence-corrected chi connectivity index (χ0v) is 15.7. The molecule has 2 amide bonds. The maximum Gasteiger partial charge on any atom is 0.243 e. The van der Waals surface area contributed by atoms with Crippen molar-refractivity contribution < 1.29 is 18.7 Å². The Morgan fingerprint density at radius 1 is 1.15 bits per heavy atom. The van der Waals surface area contributed by atoms with E-state index < -0.39 is 5.82 Å². The van der Waals surface area contributed by atoms with Crippen LogP contribution >= 0.6 is 23.2 Å². The highest BCUT2D eigenvalue weighted by Gasteiger charge is 2.15. The Bertz CT molecular complexity index is 830.